The predicted molar refractivity (Wildman–Crippen MR) is 78.2 cm³/mol. The van der Waals surface area contributed by atoms with Crippen LogP contribution in [0.3, 0.4) is 0 Å². The van der Waals surface area contributed by atoms with E-state index in [9.17, 15) is 4.39 Å². The van der Waals surface area contributed by atoms with Crippen LogP contribution >= 0.6 is 0 Å². The summed E-state index contributed by atoms with van der Waals surface area (Å²) in [5.41, 5.74) is 7.63. The normalized spacial score (nSPS) is 17.8. The van der Waals surface area contributed by atoms with E-state index in [-0.39, 0.29) is 5.41 Å². The molecule has 0 saturated heterocycles. The molecule has 2 N–H and O–H groups in total. The number of halogens is 1. The maximum absolute atomic E-state index is 13.5. The van der Waals surface area contributed by atoms with Crippen LogP contribution in [0.1, 0.15) is 43.2 Å². The highest BCUT2D eigenvalue weighted by Gasteiger charge is 2.35. The highest BCUT2D eigenvalue weighted by atomic mass is 19.1. The van der Waals surface area contributed by atoms with Crippen LogP contribution in [0.2, 0.25) is 0 Å². The number of hydrogen-bond donors (Lipinski definition) is 1. The Morgan fingerprint density at radius 2 is 1.70 bits per heavy atom. The second kappa shape index (κ2) is 6.44. The number of rotatable bonds is 5. The summed E-state index contributed by atoms with van der Waals surface area (Å²) in [7, 11) is 3.17. The molecule has 0 bridgehead atoms. The summed E-state index contributed by atoms with van der Waals surface area (Å²) in [6, 6.07) is 3.67. The Labute approximate surface area is 120 Å². The molecule has 0 aliphatic heterocycles. The van der Waals surface area contributed by atoms with Gasteiger partial charge in [0.25, 0.3) is 0 Å². The minimum absolute atomic E-state index is 0.112. The van der Waals surface area contributed by atoms with E-state index < -0.39 is 6.67 Å². The number of benzene rings is 1. The first kappa shape index (κ1) is 15.1. The Balaban J connectivity index is 2.52. The summed E-state index contributed by atoms with van der Waals surface area (Å²) in [6.07, 6.45) is 5.58. The monoisotopic (exact) mass is 281 g/mol. The number of hydrogen-bond acceptors (Lipinski definition) is 3. The second-order valence-electron chi connectivity index (χ2n) is 5.54. The first-order valence-corrected chi connectivity index (χ1v) is 7.22. The van der Waals surface area contributed by atoms with Crippen molar-refractivity contribution in [3.05, 3.63) is 23.3 Å². The molecule has 2 rings (SSSR count). The Kier molecular flexibility index (Phi) is 4.86. The minimum Gasteiger partial charge on any atom is -0.493 e. The maximum Gasteiger partial charge on any atom is 0.161 e. The molecule has 0 radical (unpaired) electrons. The van der Waals surface area contributed by atoms with E-state index in [2.05, 4.69) is 0 Å². The van der Waals surface area contributed by atoms with Gasteiger partial charge in [-0.25, -0.2) is 4.39 Å². The van der Waals surface area contributed by atoms with Crippen LogP contribution in [0.4, 0.5) is 4.39 Å². The van der Waals surface area contributed by atoms with Crippen molar-refractivity contribution < 1.29 is 13.9 Å². The van der Waals surface area contributed by atoms with Crippen LogP contribution in [-0.4, -0.2) is 20.8 Å². The number of alkyl halides is 1. The van der Waals surface area contributed by atoms with Gasteiger partial charge in [0.05, 0.1) is 14.2 Å². The zero-order valence-electron chi connectivity index (χ0n) is 12.4. The lowest BCUT2D eigenvalue weighted by atomic mass is 9.68. The fraction of sp³-hybridized carbons (Fsp3) is 0.625. The fourth-order valence-corrected chi connectivity index (χ4v) is 3.34. The lowest BCUT2D eigenvalue weighted by Gasteiger charge is -2.38. The van der Waals surface area contributed by atoms with Crippen LogP contribution in [-0.2, 0) is 12.1 Å². The Morgan fingerprint density at radius 3 is 2.20 bits per heavy atom. The summed E-state index contributed by atoms with van der Waals surface area (Å²) >= 11 is 0. The number of nitrogens with two attached hydrogens (primary N) is 1. The average Bonchev–Trinajstić information content (AvgIpc) is 2.54. The van der Waals surface area contributed by atoms with Crippen LogP contribution in [0, 0.1) is 0 Å². The lowest BCUT2D eigenvalue weighted by Crippen LogP contribution is -2.38. The van der Waals surface area contributed by atoms with Gasteiger partial charge < -0.3 is 15.2 Å². The van der Waals surface area contributed by atoms with Gasteiger partial charge in [0.2, 0.25) is 0 Å². The zero-order valence-corrected chi connectivity index (χ0v) is 12.4. The molecule has 0 spiro atoms. The third-order valence-electron chi connectivity index (χ3n) is 4.53. The van der Waals surface area contributed by atoms with Crippen LogP contribution in [0.15, 0.2) is 12.1 Å². The minimum atomic E-state index is -0.503. The van der Waals surface area contributed by atoms with Crippen molar-refractivity contribution in [2.24, 2.45) is 5.73 Å². The average molecular weight is 281 g/mol. The van der Waals surface area contributed by atoms with Crippen molar-refractivity contribution in [3.63, 3.8) is 0 Å². The summed E-state index contributed by atoms with van der Waals surface area (Å²) in [4.78, 5) is 0. The molecule has 112 valence electrons. The van der Waals surface area contributed by atoms with Crippen molar-refractivity contribution in [1.82, 2.24) is 0 Å². The van der Waals surface area contributed by atoms with Gasteiger partial charge in [0, 0.05) is 12.0 Å². The van der Waals surface area contributed by atoms with Gasteiger partial charge in [0.15, 0.2) is 11.5 Å². The van der Waals surface area contributed by atoms with E-state index in [0.29, 0.717) is 23.6 Å². The highest BCUT2D eigenvalue weighted by molar-refractivity contribution is 5.50. The third-order valence-corrected chi connectivity index (χ3v) is 4.53. The molecule has 0 unspecified atom stereocenters. The highest BCUT2D eigenvalue weighted by Crippen LogP contribution is 2.43. The summed E-state index contributed by atoms with van der Waals surface area (Å²) in [5.74, 6) is 1.23. The molecule has 4 heteroatoms. The lowest BCUT2D eigenvalue weighted by molar-refractivity contribution is 0.292. The van der Waals surface area contributed by atoms with Gasteiger partial charge >= 0.3 is 0 Å². The smallest absolute Gasteiger partial charge is 0.161 e. The van der Waals surface area contributed by atoms with Gasteiger partial charge in [-0.2, -0.15) is 0 Å². The maximum atomic E-state index is 13.5. The topological polar surface area (TPSA) is 44.5 Å². The molecule has 3 nitrogen and oxygen atoms in total. The van der Waals surface area contributed by atoms with Crippen LogP contribution in [0.25, 0.3) is 0 Å². The Morgan fingerprint density at radius 1 is 1.10 bits per heavy atom. The van der Waals surface area contributed by atoms with Crippen molar-refractivity contribution in [3.8, 4) is 11.5 Å². The molecule has 20 heavy (non-hydrogen) atoms. The van der Waals surface area contributed by atoms with E-state index in [1.54, 1.807) is 20.3 Å². The summed E-state index contributed by atoms with van der Waals surface area (Å²) in [6.45, 7) is 0.0485. The van der Waals surface area contributed by atoms with Gasteiger partial charge in [-0.1, -0.05) is 19.3 Å². The number of ether oxygens (including phenoxy) is 2. The first-order valence-electron chi connectivity index (χ1n) is 7.22. The molecule has 0 heterocycles. The largest absolute Gasteiger partial charge is 0.493 e. The van der Waals surface area contributed by atoms with Gasteiger partial charge in [-0.15, -0.1) is 0 Å². The van der Waals surface area contributed by atoms with Crippen molar-refractivity contribution in [2.45, 2.75) is 44.2 Å². The molecular weight excluding hydrogens is 257 g/mol. The predicted octanol–water partition coefficient (Wildman–Crippen LogP) is 3.33. The molecule has 1 aromatic rings. The van der Waals surface area contributed by atoms with E-state index in [1.165, 1.54) is 6.42 Å². The molecular formula is C16H24FNO2. The molecule has 1 aromatic carbocycles. The van der Waals surface area contributed by atoms with E-state index in [0.717, 1.165) is 31.2 Å². The van der Waals surface area contributed by atoms with Crippen molar-refractivity contribution in [1.29, 1.82) is 0 Å². The van der Waals surface area contributed by atoms with Gasteiger partial charge in [-0.05, 0) is 36.1 Å². The molecule has 1 aliphatic rings. The third kappa shape index (κ3) is 2.62. The Hall–Kier alpha value is -1.29. The molecule has 0 atom stereocenters. The molecule has 1 fully saturated rings. The summed E-state index contributed by atoms with van der Waals surface area (Å²) < 4.78 is 24.1. The number of methoxy groups -OCH3 is 2. The van der Waals surface area contributed by atoms with Crippen molar-refractivity contribution in [2.75, 3.05) is 20.8 Å². The van der Waals surface area contributed by atoms with Crippen molar-refractivity contribution >= 4 is 0 Å². The first-order chi connectivity index (χ1) is 9.70. The Bertz CT molecular complexity index is 456. The van der Waals surface area contributed by atoms with Gasteiger partial charge in [0.1, 0.15) is 6.67 Å². The molecule has 0 aromatic heterocycles. The van der Waals surface area contributed by atoms with Crippen LogP contribution in [0.5, 0.6) is 11.5 Å². The van der Waals surface area contributed by atoms with E-state index in [4.69, 9.17) is 15.2 Å². The summed E-state index contributed by atoms with van der Waals surface area (Å²) in [5, 5.41) is 0. The molecule has 0 amide bonds. The quantitative estimate of drug-likeness (QED) is 0.900. The van der Waals surface area contributed by atoms with Crippen LogP contribution < -0.4 is 15.2 Å². The van der Waals surface area contributed by atoms with E-state index in [1.807, 2.05) is 6.07 Å². The standard InChI is InChI=1S/C16H24FNO2/c1-19-14-8-12(10-17)13(9-15(14)20-2)16(11-18)6-4-3-5-7-16/h8-9H,3-7,10-11,18H2,1-2H3. The van der Waals surface area contributed by atoms with Gasteiger partial charge in [-0.3, -0.25) is 0 Å². The fourth-order valence-electron chi connectivity index (χ4n) is 3.34. The van der Waals surface area contributed by atoms with E-state index >= 15 is 0 Å². The molecule has 1 saturated carbocycles. The second-order valence-corrected chi connectivity index (χ2v) is 5.54. The SMILES string of the molecule is COc1cc(CF)c(C2(CN)CCCCC2)cc1OC. The zero-order chi connectivity index (χ0) is 14.6. The molecule has 1 aliphatic carbocycles.